The molecular formula is C13H16BrNO4S2. The van der Waals surface area contributed by atoms with Gasteiger partial charge in [0, 0.05) is 15.8 Å². The molecule has 2 atom stereocenters. The van der Waals surface area contributed by atoms with Crippen molar-refractivity contribution in [2.75, 3.05) is 6.26 Å². The van der Waals surface area contributed by atoms with Gasteiger partial charge in [-0.15, -0.1) is 0 Å². The van der Waals surface area contributed by atoms with E-state index >= 15 is 0 Å². The van der Waals surface area contributed by atoms with Crippen molar-refractivity contribution >= 4 is 43.7 Å². The molecule has 0 bridgehead atoms. The van der Waals surface area contributed by atoms with Crippen molar-refractivity contribution in [3.8, 4) is 0 Å². The lowest BCUT2D eigenvalue weighted by molar-refractivity contribution is 0.0696. The number of halogens is 1. The summed E-state index contributed by atoms with van der Waals surface area (Å²) in [7, 11) is -3.66. The van der Waals surface area contributed by atoms with Crippen molar-refractivity contribution in [2.45, 2.75) is 35.4 Å². The molecule has 1 aromatic carbocycles. The molecule has 2 rings (SSSR count). The molecular weight excluding hydrogens is 378 g/mol. The lowest BCUT2D eigenvalue weighted by atomic mass is 10.2. The van der Waals surface area contributed by atoms with Crippen LogP contribution >= 0.6 is 27.7 Å². The van der Waals surface area contributed by atoms with Crippen LogP contribution in [0.25, 0.3) is 0 Å². The molecule has 2 N–H and O–H groups in total. The largest absolute Gasteiger partial charge is 0.478 e. The van der Waals surface area contributed by atoms with E-state index in [4.69, 9.17) is 5.11 Å². The van der Waals surface area contributed by atoms with Gasteiger partial charge in [0.15, 0.2) is 0 Å². The molecule has 0 heterocycles. The minimum absolute atomic E-state index is 0.0451. The first kappa shape index (κ1) is 16.8. The number of rotatable bonds is 5. The fourth-order valence-electron chi connectivity index (χ4n) is 2.46. The molecule has 1 saturated carbocycles. The number of benzene rings is 1. The summed E-state index contributed by atoms with van der Waals surface area (Å²) in [5.41, 5.74) is 0.0451. The molecule has 0 spiro atoms. The average Bonchev–Trinajstić information content (AvgIpc) is 2.84. The van der Waals surface area contributed by atoms with Crippen LogP contribution in [0.15, 0.2) is 27.6 Å². The first-order valence-corrected chi connectivity index (χ1v) is 9.99. The molecule has 5 nitrogen and oxygen atoms in total. The quantitative estimate of drug-likeness (QED) is 0.803. The summed E-state index contributed by atoms with van der Waals surface area (Å²) in [6.07, 6.45) is 4.83. The molecule has 2 unspecified atom stereocenters. The third-order valence-electron chi connectivity index (χ3n) is 3.53. The van der Waals surface area contributed by atoms with Crippen molar-refractivity contribution in [3.05, 3.63) is 28.2 Å². The van der Waals surface area contributed by atoms with E-state index < -0.39 is 16.0 Å². The molecule has 0 aromatic heterocycles. The van der Waals surface area contributed by atoms with Crippen LogP contribution in [0, 0.1) is 0 Å². The molecule has 0 amide bonds. The third-order valence-corrected chi connectivity index (χ3v) is 7.17. The molecule has 1 aliphatic carbocycles. The Hall–Kier alpha value is -0.570. The van der Waals surface area contributed by atoms with Crippen molar-refractivity contribution in [2.24, 2.45) is 0 Å². The fraction of sp³-hybridized carbons (Fsp3) is 0.462. The zero-order valence-corrected chi connectivity index (χ0v) is 14.6. The summed E-state index contributed by atoms with van der Waals surface area (Å²) >= 11 is 4.82. The van der Waals surface area contributed by atoms with Crippen LogP contribution in [0.4, 0.5) is 0 Å². The van der Waals surface area contributed by atoms with Gasteiger partial charge in [0.25, 0.3) is 0 Å². The van der Waals surface area contributed by atoms with Crippen LogP contribution in [0.2, 0.25) is 0 Å². The Morgan fingerprint density at radius 1 is 1.43 bits per heavy atom. The summed E-state index contributed by atoms with van der Waals surface area (Å²) in [5, 5.41) is 9.20. The van der Waals surface area contributed by atoms with E-state index in [1.54, 1.807) is 11.8 Å². The van der Waals surface area contributed by atoms with E-state index in [2.05, 4.69) is 20.7 Å². The van der Waals surface area contributed by atoms with Crippen LogP contribution in [-0.2, 0) is 10.0 Å². The zero-order chi connectivity index (χ0) is 15.6. The van der Waals surface area contributed by atoms with Gasteiger partial charge in [0.05, 0.1) is 10.5 Å². The highest BCUT2D eigenvalue weighted by molar-refractivity contribution is 9.10. The predicted octanol–water partition coefficient (Wildman–Crippen LogP) is 2.71. The van der Waals surface area contributed by atoms with Gasteiger partial charge >= 0.3 is 5.97 Å². The monoisotopic (exact) mass is 393 g/mol. The fourth-order valence-corrected chi connectivity index (χ4v) is 5.87. The smallest absolute Gasteiger partial charge is 0.335 e. The lowest BCUT2D eigenvalue weighted by Crippen LogP contribution is -2.38. The molecule has 1 fully saturated rings. The number of aromatic carboxylic acids is 1. The van der Waals surface area contributed by atoms with Gasteiger partial charge in [-0.3, -0.25) is 0 Å². The van der Waals surface area contributed by atoms with Gasteiger partial charge in [-0.2, -0.15) is 11.8 Å². The number of thioether (sulfide) groups is 1. The number of carboxylic acids is 1. The molecule has 0 radical (unpaired) electrons. The van der Waals surface area contributed by atoms with Gasteiger partial charge in [-0.05, 0) is 53.2 Å². The lowest BCUT2D eigenvalue weighted by Gasteiger charge is -2.19. The standard InChI is InChI=1S/C13H16BrNO4S2/c1-20-11-4-2-3-10(11)15-21(18,19)12-6-5-8(13(16)17)7-9(12)14/h5-7,10-11,15H,2-4H2,1H3,(H,16,17). The Bertz CT molecular complexity index is 648. The van der Waals surface area contributed by atoms with Gasteiger partial charge in [0.2, 0.25) is 10.0 Å². The number of carbonyl (C=O) groups is 1. The van der Waals surface area contributed by atoms with Gasteiger partial charge < -0.3 is 5.11 Å². The minimum Gasteiger partial charge on any atom is -0.478 e. The number of hydrogen-bond donors (Lipinski definition) is 2. The van der Waals surface area contributed by atoms with Crippen LogP contribution in [-0.4, -0.2) is 37.0 Å². The van der Waals surface area contributed by atoms with E-state index in [0.717, 1.165) is 19.3 Å². The Labute approximate surface area is 136 Å². The second kappa shape index (κ2) is 6.68. The van der Waals surface area contributed by atoms with Crippen molar-refractivity contribution in [3.63, 3.8) is 0 Å². The van der Waals surface area contributed by atoms with Crippen LogP contribution in [0.3, 0.4) is 0 Å². The predicted molar refractivity (Wildman–Crippen MR) is 86.4 cm³/mol. The van der Waals surface area contributed by atoms with Gasteiger partial charge in [-0.25, -0.2) is 17.9 Å². The zero-order valence-electron chi connectivity index (χ0n) is 11.4. The molecule has 0 saturated heterocycles. The maximum absolute atomic E-state index is 12.5. The van der Waals surface area contributed by atoms with Crippen LogP contribution < -0.4 is 4.72 Å². The molecule has 21 heavy (non-hydrogen) atoms. The SMILES string of the molecule is CSC1CCCC1NS(=O)(=O)c1ccc(C(=O)O)cc1Br. The summed E-state index contributed by atoms with van der Waals surface area (Å²) in [6.45, 7) is 0. The Morgan fingerprint density at radius 2 is 2.14 bits per heavy atom. The molecule has 116 valence electrons. The van der Waals surface area contributed by atoms with Crippen molar-refractivity contribution < 1.29 is 18.3 Å². The van der Waals surface area contributed by atoms with E-state index in [1.165, 1.54) is 18.2 Å². The second-order valence-electron chi connectivity index (χ2n) is 4.88. The highest BCUT2D eigenvalue weighted by Gasteiger charge is 2.31. The minimum atomic E-state index is -3.66. The number of nitrogens with one attached hydrogen (secondary N) is 1. The Kier molecular flexibility index (Phi) is 5.34. The third kappa shape index (κ3) is 3.80. The van der Waals surface area contributed by atoms with Gasteiger partial charge in [-0.1, -0.05) is 6.42 Å². The first-order chi connectivity index (χ1) is 9.85. The van der Waals surface area contributed by atoms with Gasteiger partial charge in [0.1, 0.15) is 0 Å². The maximum Gasteiger partial charge on any atom is 0.335 e. The van der Waals surface area contributed by atoms with E-state index in [9.17, 15) is 13.2 Å². The van der Waals surface area contributed by atoms with Crippen molar-refractivity contribution in [1.82, 2.24) is 4.72 Å². The molecule has 0 aliphatic heterocycles. The van der Waals surface area contributed by atoms with Crippen LogP contribution in [0.5, 0.6) is 0 Å². The normalized spacial score (nSPS) is 22.4. The van der Waals surface area contributed by atoms with E-state index in [-0.39, 0.29) is 26.2 Å². The summed E-state index contributed by atoms with van der Waals surface area (Å²) < 4.78 is 27.9. The molecule has 8 heteroatoms. The van der Waals surface area contributed by atoms with E-state index in [0.29, 0.717) is 0 Å². The molecule has 1 aromatic rings. The molecule has 1 aliphatic rings. The average molecular weight is 394 g/mol. The van der Waals surface area contributed by atoms with Crippen molar-refractivity contribution in [1.29, 1.82) is 0 Å². The summed E-state index contributed by atoms with van der Waals surface area (Å²) in [4.78, 5) is 11.0. The highest BCUT2D eigenvalue weighted by Crippen LogP contribution is 2.30. The Morgan fingerprint density at radius 3 is 2.71 bits per heavy atom. The summed E-state index contributed by atoms with van der Waals surface area (Å²) in [5.74, 6) is -1.09. The topological polar surface area (TPSA) is 83.5 Å². The maximum atomic E-state index is 12.5. The highest BCUT2D eigenvalue weighted by atomic mass is 79.9. The number of carboxylic acid groups (broad SMARTS) is 1. The van der Waals surface area contributed by atoms with Crippen LogP contribution in [0.1, 0.15) is 29.6 Å². The Balaban J connectivity index is 2.25. The van der Waals surface area contributed by atoms with E-state index in [1.807, 2.05) is 6.26 Å². The number of hydrogen-bond acceptors (Lipinski definition) is 4. The number of sulfonamides is 1. The second-order valence-corrected chi connectivity index (χ2v) is 8.50. The first-order valence-electron chi connectivity index (χ1n) is 6.43. The summed E-state index contributed by atoms with van der Waals surface area (Å²) in [6, 6.07) is 3.84.